The summed E-state index contributed by atoms with van der Waals surface area (Å²) in [6, 6.07) is 12.2. The predicted octanol–water partition coefficient (Wildman–Crippen LogP) is 8.10. The molecule has 0 aliphatic heterocycles. The van der Waals surface area contributed by atoms with Gasteiger partial charge in [0, 0.05) is 54.2 Å². The number of nitrogens with one attached hydrogen (secondary N) is 5. The van der Waals surface area contributed by atoms with E-state index in [1.807, 2.05) is 0 Å². The first-order valence-electron chi connectivity index (χ1n) is 31.0. The van der Waals surface area contributed by atoms with E-state index in [9.17, 15) is 57.5 Å². The minimum Gasteiger partial charge on any atom is -0.467 e. The summed E-state index contributed by atoms with van der Waals surface area (Å²) < 4.78 is 41.5. The van der Waals surface area contributed by atoms with Crippen molar-refractivity contribution < 1.29 is 95.0 Å². The zero-order valence-corrected chi connectivity index (χ0v) is 59.1. The van der Waals surface area contributed by atoms with E-state index >= 15 is 0 Å². The number of hydrogen-bond donors (Lipinski definition) is 6. The number of ether oxygens (including phenoxy) is 6. The van der Waals surface area contributed by atoms with Gasteiger partial charge >= 0.3 is 36.2 Å². The number of methoxy groups -OCH3 is 2. The zero-order chi connectivity index (χ0) is 74.8. The summed E-state index contributed by atoms with van der Waals surface area (Å²) in [6.07, 6.45) is 0.0936. The lowest BCUT2D eigenvalue weighted by atomic mass is 10.0. The van der Waals surface area contributed by atoms with Gasteiger partial charge in [-0.15, -0.1) is 4.99 Å². The number of alkyl carbamates (subject to hydrolysis) is 1. The summed E-state index contributed by atoms with van der Waals surface area (Å²) in [4.78, 5) is 155. The number of aliphatic imine (C=N–C) groups is 2. The predicted molar refractivity (Wildman–Crippen MR) is 364 cm³/mol. The number of hydrogen-bond acceptors (Lipinski definition) is 24. The highest BCUT2D eigenvalue weighted by Crippen LogP contribution is 2.18. The molecule has 0 bridgehead atoms. The Kier molecular flexibility index (Phi) is 33.1. The normalized spacial score (nSPS) is 12.1. The second kappa shape index (κ2) is 38.9. The first-order chi connectivity index (χ1) is 46.0. The Morgan fingerprint density at radius 1 is 0.570 bits per heavy atom. The first kappa shape index (κ1) is 85.1. The number of rotatable bonds is 22. The highest BCUT2D eigenvalue weighted by Gasteiger charge is 2.30. The lowest BCUT2D eigenvalue weighted by molar-refractivity contribution is -0.153. The molecule has 0 unspecified atom stereocenters. The van der Waals surface area contributed by atoms with E-state index in [2.05, 4.69) is 52.0 Å². The van der Waals surface area contributed by atoms with E-state index in [-0.39, 0.29) is 105 Å². The molecule has 5 rings (SSSR count). The van der Waals surface area contributed by atoms with Gasteiger partial charge in [0.1, 0.15) is 57.1 Å². The van der Waals surface area contributed by atoms with Crippen LogP contribution in [0, 0.1) is 27.7 Å². The van der Waals surface area contributed by atoms with Crippen LogP contribution in [0.1, 0.15) is 193 Å². The maximum absolute atomic E-state index is 12.9. The molecule has 0 aliphatic rings. The summed E-state index contributed by atoms with van der Waals surface area (Å²) in [5, 5.41) is 23.9. The third kappa shape index (κ3) is 31.9. The number of aryl methyl sites for hydroxylation is 4. The summed E-state index contributed by atoms with van der Waals surface area (Å²) in [7, 11) is 2.35. The van der Waals surface area contributed by atoms with Crippen LogP contribution in [-0.2, 0) is 58.8 Å². The number of anilines is 1. The zero-order valence-electron chi connectivity index (χ0n) is 59.1. The number of Topliss-reactive ketones (excluding diaryl/α,β-unsaturated/α-hetero) is 2. The molecule has 0 spiro atoms. The van der Waals surface area contributed by atoms with Crippen LogP contribution >= 0.6 is 0 Å². The average Bonchev–Trinajstić information content (AvgIpc) is 1.66. The van der Waals surface area contributed by atoms with E-state index in [1.54, 1.807) is 159 Å². The summed E-state index contributed by atoms with van der Waals surface area (Å²) in [6.45, 7) is 26.3. The van der Waals surface area contributed by atoms with Crippen LogP contribution < -0.4 is 32.3 Å². The van der Waals surface area contributed by atoms with Crippen molar-refractivity contribution in [2.24, 2.45) is 9.98 Å². The van der Waals surface area contributed by atoms with Gasteiger partial charge in [-0.2, -0.15) is 10.1 Å². The maximum atomic E-state index is 12.9. The fourth-order valence-corrected chi connectivity index (χ4v) is 8.34. The molecule has 546 valence electrons. The van der Waals surface area contributed by atoms with Gasteiger partial charge in [-0.25, -0.2) is 28.7 Å². The number of nitrogens with two attached hydrogens (primary N) is 1. The van der Waals surface area contributed by atoms with Gasteiger partial charge in [-0.3, -0.25) is 38.9 Å². The Balaban J connectivity index is 0.000000549. The Morgan fingerprint density at radius 2 is 1.01 bits per heavy atom. The minimum atomic E-state index is -1.12. The molecule has 32 nitrogen and oxygen atoms in total. The molecule has 0 fully saturated rings. The molecule has 5 aromatic rings. The van der Waals surface area contributed by atoms with Crippen molar-refractivity contribution in [3.8, 4) is 0 Å². The van der Waals surface area contributed by atoms with Crippen LogP contribution in [0.4, 0.5) is 20.1 Å². The van der Waals surface area contributed by atoms with Crippen molar-refractivity contribution in [3.05, 3.63) is 118 Å². The van der Waals surface area contributed by atoms with E-state index in [0.29, 0.717) is 34.0 Å². The van der Waals surface area contributed by atoms with E-state index in [4.69, 9.17) is 43.2 Å². The lowest BCUT2D eigenvalue weighted by Gasteiger charge is -2.20. The highest BCUT2D eigenvalue weighted by atomic mass is 16.6. The third-order valence-corrected chi connectivity index (χ3v) is 12.5. The van der Waals surface area contributed by atoms with Crippen molar-refractivity contribution >= 4 is 88.7 Å². The molecule has 0 radical (unpaired) electrons. The number of carbonyl (C=O) groups is 12. The van der Waals surface area contributed by atoms with Crippen LogP contribution in [-0.4, -0.2) is 165 Å². The smallest absolute Gasteiger partial charge is 0.437 e. The molecule has 2 aromatic carbocycles. The Hall–Kier alpha value is -11.0. The van der Waals surface area contributed by atoms with Crippen LogP contribution in [0.15, 0.2) is 86.0 Å². The quantitative estimate of drug-likeness (QED) is 0.0125. The summed E-state index contributed by atoms with van der Waals surface area (Å²) in [5.41, 5.74) is 5.63. The van der Waals surface area contributed by atoms with Crippen LogP contribution in [0.5, 0.6) is 0 Å². The van der Waals surface area contributed by atoms with E-state index in [1.165, 1.54) is 30.3 Å². The fraction of sp³-hybridized carbons (Fsp3) is 0.485. The molecule has 2 atom stereocenters. The molecule has 3 aromatic heterocycles. The number of aromatic nitrogens is 4. The second-order valence-electron chi connectivity index (χ2n) is 25.9. The van der Waals surface area contributed by atoms with Crippen molar-refractivity contribution in [1.82, 2.24) is 46.7 Å². The molecule has 7 N–H and O–H groups in total. The monoisotopic (exact) mass is 1400 g/mol. The molecule has 0 saturated heterocycles. The first-order valence-corrected chi connectivity index (χ1v) is 31.0. The Morgan fingerprint density at radius 3 is 1.41 bits per heavy atom. The number of amides is 7. The third-order valence-electron chi connectivity index (χ3n) is 12.5. The van der Waals surface area contributed by atoms with E-state index < -0.39 is 94.3 Å². The molecule has 100 heavy (non-hydrogen) atoms. The Bertz CT molecular complexity index is 3710. The standard InChI is InChI=1S/C33H44N4O10.C20H24N4O6.C14H22N4O4.CH4/c1-19-27(20(2)47-37-19)29(41)36-25(30(42)44-9)14-13-24(38)18-34-28(40)22-12-10-11-21(15-22)16-23(17-26(39)45-32(3,4)5)35-31(43)46-33(6,7)8;1-11-17(12(2)30-24-11)19(27)23-16(20(28)29-3)8-7-15(25)10-22-18(26)13-5-4-6-14(21)9-13;1-13(2,3)21-11(19)16-10(18-9-7-8-15-18)17-12(20)22-14(4,5)6;/h10-12,15,25H,13-14,16-18H2,1-9H3,(H,34,40)(H,36,41);4-6,9,16H,7-8,10,21H2,1-3H3,(H,22,26)(H,23,27);7-9H,1-6H3,(H,16,17,19,20);1H4/t25-;16-;;/m00../s1. The number of benzene rings is 2. The number of ketones is 2. The number of carbonyl (C=O) groups excluding carboxylic acids is 12. The van der Waals surface area contributed by atoms with Crippen molar-refractivity contribution in [1.29, 1.82) is 0 Å². The molecule has 0 saturated carbocycles. The molecule has 3 heterocycles. The van der Waals surface area contributed by atoms with Gasteiger partial charge < -0.3 is 64.5 Å². The summed E-state index contributed by atoms with van der Waals surface area (Å²) >= 11 is 0. The van der Waals surface area contributed by atoms with Crippen LogP contribution in [0.25, 0.3) is 0 Å². The summed E-state index contributed by atoms with van der Waals surface area (Å²) in [5.74, 6) is -4.35. The van der Waals surface area contributed by atoms with Crippen molar-refractivity contribution in [3.63, 3.8) is 0 Å². The topological polar surface area (TPSA) is 441 Å². The molecule has 7 amide bonds. The number of esters is 3. The van der Waals surface area contributed by atoms with E-state index in [0.717, 1.165) is 7.11 Å². The van der Waals surface area contributed by atoms with Crippen LogP contribution in [0.2, 0.25) is 0 Å². The maximum Gasteiger partial charge on any atom is 0.437 e. The van der Waals surface area contributed by atoms with Gasteiger partial charge in [0.2, 0.25) is 5.96 Å². The van der Waals surface area contributed by atoms with Gasteiger partial charge in [0.15, 0.2) is 11.6 Å². The molecule has 32 heteroatoms. The van der Waals surface area contributed by atoms with Crippen molar-refractivity contribution in [2.75, 3.05) is 33.0 Å². The second-order valence-corrected chi connectivity index (χ2v) is 25.9. The van der Waals surface area contributed by atoms with Gasteiger partial charge in [0.25, 0.3) is 23.6 Å². The molecular weight excluding hydrogens is 1300 g/mol. The number of nitrogens with zero attached hydrogens (tertiary/aromatic N) is 6. The largest absolute Gasteiger partial charge is 0.467 e. The van der Waals surface area contributed by atoms with Crippen LogP contribution in [0.3, 0.4) is 0 Å². The Labute approximate surface area is 580 Å². The van der Waals surface area contributed by atoms with Gasteiger partial charge in [-0.1, -0.05) is 35.9 Å². The van der Waals surface area contributed by atoms with Gasteiger partial charge in [-0.05, 0) is 166 Å². The highest BCUT2D eigenvalue weighted by molar-refractivity contribution is 6.05. The van der Waals surface area contributed by atoms with Gasteiger partial charge in [0.05, 0.1) is 45.1 Å². The SMILES string of the molecule is C.CC(C)(C)OC(=O)N=C(NC(=O)OC(C)(C)C)n1cccn1.COC(=O)[C@H](CCC(=O)CNC(=O)c1cccc(CC(CC(=O)OC(C)(C)C)=NC(=O)OC(C)(C)C)c1)NC(=O)c1c(C)noc1C.COC(=O)[C@H](CCC(=O)CNC(=O)c1cccc(N)c1)NC(=O)c1c(C)noc1C. The lowest BCUT2D eigenvalue weighted by Crippen LogP contribution is -2.42. The molecular formula is C68H94N12O20. The van der Waals surface area contributed by atoms with Crippen molar-refractivity contribution in [2.45, 2.75) is 191 Å². The fourth-order valence-electron chi connectivity index (χ4n) is 8.34. The average molecular weight is 1400 g/mol. The minimum absolute atomic E-state index is 0. The number of nitrogen functional groups attached to an aromatic ring is 1. The molecule has 0 aliphatic carbocycles.